The summed E-state index contributed by atoms with van der Waals surface area (Å²) in [4.78, 5) is 33.5. The van der Waals surface area contributed by atoms with Gasteiger partial charge in [-0.1, -0.05) is 42.5 Å². The number of H-pyrrole nitrogens is 1. The molecule has 4 aromatic rings. The van der Waals surface area contributed by atoms with Crippen LogP contribution in [0.25, 0.3) is 22.0 Å². The summed E-state index contributed by atoms with van der Waals surface area (Å²) in [7, 11) is 1.70. The van der Waals surface area contributed by atoms with E-state index in [0.29, 0.717) is 17.9 Å². The average Bonchev–Trinajstić information content (AvgIpc) is 3.50. The van der Waals surface area contributed by atoms with Gasteiger partial charge in [0, 0.05) is 30.1 Å². The highest BCUT2D eigenvalue weighted by Gasteiger charge is 2.47. The molecule has 2 atom stereocenters. The molecule has 1 aromatic heterocycles. The Balaban J connectivity index is 1.44. The van der Waals surface area contributed by atoms with E-state index in [0.717, 1.165) is 38.9 Å². The second-order valence-electron chi connectivity index (χ2n) is 9.37. The van der Waals surface area contributed by atoms with E-state index >= 15 is 0 Å². The lowest BCUT2D eigenvalue weighted by atomic mass is 9.86. The number of aromatic amines is 1. The quantitative estimate of drug-likeness (QED) is 0.488. The van der Waals surface area contributed by atoms with Gasteiger partial charge in [-0.25, -0.2) is 0 Å². The molecule has 1 fully saturated rings. The van der Waals surface area contributed by atoms with Gasteiger partial charge in [-0.15, -0.1) is 0 Å². The zero-order valence-electron chi connectivity index (χ0n) is 19.2. The smallest absolute Gasteiger partial charge is 0.245 e. The molecule has 3 aliphatic rings. The van der Waals surface area contributed by atoms with Crippen molar-refractivity contribution < 1.29 is 19.1 Å². The second kappa shape index (κ2) is 7.37. The minimum absolute atomic E-state index is 0.0328. The van der Waals surface area contributed by atoms with Gasteiger partial charge in [0.05, 0.1) is 12.6 Å². The van der Waals surface area contributed by atoms with E-state index in [1.807, 2.05) is 36.4 Å². The molecule has 0 radical (unpaired) electrons. The number of nitrogens with one attached hydrogen (secondary N) is 1. The molecule has 0 bridgehead atoms. The van der Waals surface area contributed by atoms with Crippen molar-refractivity contribution in [1.82, 2.24) is 14.8 Å². The number of nitrogens with zero attached hydrogens (tertiary/aromatic N) is 2. The molecule has 0 aliphatic carbocycles. The van der Waals surface area contributed by atoms with Gasteiger partial charge in [-0.3, -0.25) is 9.59 Å². The van der Waals surface area contributed by atoms with Crippen LogP contribution in [0.15, 0.2) is 66.7 Å². The fourth-order valence-electron chi connectivity index (χ4n) is 5.69. The second-order valence-corrected chi connectivity index (χ2v) is 9.37. The van der Waals surface area contributed by atoms with Crippen LogP contribution in [0.2, 0.25) is 0 Å². The van der Waals surface area contributed by atoms with E-state index in [2.05, 4.69) is 35.3 Å². The van der Waals surface area contributed by atoms with Crippen molar-refractivity contribution in [2.75, 3.05) is 20.4 Å². The summed E-state index contributed by atoms with van der Waals surface area (Å²) in [5.41, 5.74) is 6.17. The van der Waals surface area contributed by atoms with E-state index in [-0.39, 0.29) is 25.2 Å². The van der Waals surface area contributed by atoms with E-state index < -0.39 is 12.1 Å². The lowest BCUT2D eigenvalue weighted by molar-refractivity contribution is -0.157. The Labute approximate surface area is 201 Å². The van der Waals surface area contributed by atoms with Crippen molar-refractivity contribution in [3.63, 3.8) is 0 Å². The molecule has 0 spiro atoms. The average molecular weight is 466 g/mol. The highest BCUT2D eigenvalue weighted by atomic mass is 16.7. The van der Waals surface area contributed by atoms with Crippen LogP contribution in [0, 0.1) is 0 Å². The van der Waals surface area contributed by atoms with Gasteiger partial charge >= 0.3 is 0 Å². The monoisotopic (exact) mass is 465 g/mol. The highest BCUT2D eigenvalue weighted by Crippen LogP contribution is 2.45. The molecular formula is C28H23N3O4. The minimum Gasteiger partial charge on any atom is -0.454 e. The highest BCUT2D eigenvalue weighted by molar-refractivity contribution is 5.98. The number of hydrogen-bond donors (Lipinski definition) is 1. The van der Waals surface area contributed by atoms with Crippen molar-refractivity contribution in [2.24, 2.45) is 0 Å². The molecule has 7 rings (SSSR count). The van der Waals surface area contributed by atoms with Crippen molar-refractivity contribution in [3.05, 3.63) is 83.6 Å². The molecule has 3 aromatic carbocycles. The molecule has 4 heterocycles. The third-order valence-electron chi connectivity index (χ3n) is 7.37. The summed E-state index contributed by atoms with van der Waals surface area (Å²) in [6.45, 7) is 0.252. The SMILES string of the molecule is CN1CC(=O)N2[C@H](c3ccc4c(c3)OCO4)c3[nH]c4ccc(-c5ccccc5)cc4c3C[C@@H]2C1=O. The van der Waals surface area contributed by atoms with Crippen molar-refractivity contribution >= 4 is 22.7 Å². The number of carbonyl (C=O) groups excluding carboxylic acids is 2. The van der Waals surface area contributed by atoms with Crippen LogP contribution < -0.4 is 9.47 Å². The molecule has 7 heteroatoms. The van der Waals surface area contributed by atoms with Crippen LogP contribution >= 0.6 is 0 Å². The Morgan fingerprint density at radius 3 is 2.60 bits per heavy atom. The summed E-state index contributed by atoms with van der Waals surface area (Å²) in [6.07, 6.45) is 0.476. The topological polar surface area (TPSA) is 74.9 Å². The van der Waals surface area contributed by atoms with Gasteiger partial charge in [0.1, 0.15) is 6.04 Å². The number of rotatable bonds is 2. The number of amides is 2. The molecule has 1 N–H and O–H groups in total. The molecular weight excluding hydrogens is 442 g/mol. The molecule has 174 valence electrons. The van der Waals surface area contributed by atoms with Gasteiger partial charge in [0.25, 0.3) is 0 Å². The molecule has 35 heavy (non-hydrogen) atoms. The summed E-state index contributed by atoms with van der Waals surface area (Å²) >= 11 is 0. The summed E-state index contributed by atoms with van der Waals surface area (Å²) in [5, 5.41) is 1.08. The van der Waals surface area contributed by atoms with Gasteiger partial charge in [-0.05, 0) is 46.5 Å². The zero-order chi connectivity index (χ0) is 23.7. The van der Waals surface area contributed by atoms with Crippen molar-refractivity contribution in [1.29, 1.82) is 0 Å². The first-order valence-corrected chi connectivity index (χ1v) is 11.7. The number of likely N-dealkylation sites (N-methyl/N-ethyl adjacent to an activating group) is 1. The number of ether oxygens (including phenoxy) is 2. The zero-order valence-corrected chi connectivity index (χ0v) is 19.2. The van der Waals surface area contributed by atoms with Crippen LogP contribution in [-0.4, -0.2) is 53.0 Å². The van der Waals surface area contributed by atoms with Crippen molar-refractivity contribution in [2.45, 2.75) is 18.5 Å². The normalized spacial score (nSPS) is 20.8. The van der Waals surface area contributed by atoms with Crippen molar-refractivity contribution in [3.8, 4) is 22.6 Å². The molecule has 7 nitrogen and oxygen atoms in total. The third kappa shape index (κ3) is 2.97. The number of benzene rings is 3. The Kier molecular flexibility index (Phi) is 4.24. The maximum atomic E-state index is 13.3. The predicted octanol–water partition coefficient (Wildman–Crippen LogP) is 3.88. The fourth-order valence-corrected chi connectivity index (χ4v) is 5.69. The largest absolute Gasteiger partial charge is 0.454 e. The maximum absolute atomic E-state index is 13.3. The van der Waals surface area contributed by atoms with Gasteiger partial charge < -0.3 is 24.3 Å². The summed E-state index contributed by atoms with van der Waals surface area (Å²) in [5.74, 6) is 1.25. The molecule has 0 unspecified atom stereocenters. The number of fused-ring (bicyclic) bond motifs is 5. The number of aromatic nitrogens is 1. The molecule has 1 saturated heterocycles. The maximum Gasteiger partial charge on any atom is 0.245 e. The number of piperazine rings is 1. The van der Waals surface area contributed by atoms with Crippen LogP contribution in [0.3, 0.4) is 0 Å². The van der Waals surface area contributed by atoms with Crippen LogP contribution in [0.4, 0.5) is 0 Å². The number of hydrogen-bond acceptors (Lipinski definition) is 4. The minimum atomic E-state index is -0.552. The molecule has 2 amide bonds. The summed E-state index contributed by atoms with van der Waals surface area (Å²) < 4.78 is 11.1. The standard InChI is InChI=1S/C28H23N3O4/c1-30-14-25(32)31-22(28(30)33)13-20-19-11-17(16-5-3-2-4-6-16)7-9-21(19)29-26(20)27(31)18-8-10-23-24(12-18)35-15-34-23/h2-12,22,27,29H,13-15H2,1H3/t22-,27-/m1/s1. The first-order valence-electron chi connectivity index (χ1n) is 11.7. The van der Waals surface area contributed by atoms with E-state index in [1.165, 1.54) is 4.90 Å². The lowest BCUT2D eigenvalue weighted by Gasteiger charge is -2.46. The van der Waals surface area contributed by atoms with Crippen LogP contribution in [-0.2, 0) is 16.0 Å². The first-order chi connectivity index (χ1) is 17.1. The van der Waals surface area contributed by atoms with Crippen LogP contribution in [0.1, 0.15) is 22.9 Å². The lowest BCUT2D eigenvalue weighted by Crippen LogP contribution is -2.62. The van der Waals surface area contributed by atoms with Gasteiger partial charge in [0.2, 0.25) is 18.6 Å². The fraction of sp³-hybridized carbons (Fsp3) is 0.214. The van der Waals surface area contributed by atoms with Gasteiger partial charge in [0.15, 0.2) is 11.5 Å². The number of carbonyl (C=O) groups is 2. The first kappa shape index (κ1) is 20.1. The van der Waals surface area contributed by atoms with E-state index in [1.54, 1.807) is 11.9 Å². The Bertz CT molecular complexity index is 1510. The van der Waals surface area contributed by atoms with E-state index in [9.17, 15) is 9.59 Å². The predicted molar refractivity (Wildman–Crippen MR) is 130 cm³/mol. The third-order valence-corrected chi connectivity index (χ3v) is 7.37. The van der Waals surface area contributed by atoms with Crippen LogP contribution in [0.5, 0.6) is 11.5 Å². The Morgan fingerprint density at radius 1 is 0.914 bits per heavy atom. The van der Waals surface area contributed by atoms with Gasteiger partial charge in [-0.2, -0.15) is 0 Å². The van der Waals surface area contributed by atoms with E-state index in [4.69, 9.17) is 9.47 Å². The summed E-state index contributed by atoms with van der Waals surface area (Å²) in [6, 6.07) is 21.4. The Morgan fingerprint density at radius 2 is 1.74 bits per heavy atom. The molecule has 3 aliphatic heterocycles. The molecule has 0 saturated carbocycles. The Hall–Kier alpha value is -4.26.